The molecule has 1 aromatic rings. The van der Waals surface area contributed by atoms with Gasteiger partial charge >= 0.3 is 0 Å². The molecular formula is C14H20N2O2S. The first-order valence-corrected chi connectivity index (χ1v) is 7.53. The van der Waals surface area contributed by atoms with Gasteiger partial charge in [-0.3, -0.25) is 9.59 Å². The molecule has 0 unspecified atom stereocenters. The van der Waals surface area contributed by atoms with E-state index in [1.807, 2.05) is 11.9 Å². The third kappa shape index (κ3) is 3.42. The summed E-state index contributed by atoms with van der Waals surface area (Å²) in [6.45, 7) is 4.19. The van der Waals surface area contributed by atoms with Gasteiger partial charge in [-0.15, -0.1) is 11.3 Å². The van der Waals surface area contributed by atoms with Crippen LogP contribution in [0.3, 0.4) is 0 Å². The van der Waals surface area contributed by atoms with Crippen molar-refractivity contribution in [2.45, 2.75) is 19.8 Å². The van der Waals surface area contributed by atoms with E-state index in [9.17, 15) is 9.59 Å². The van der Waals surface area contributed by atoms with E-state index in [2.05, 4.69) is 5.32 Å². The molecule has 5 heteroatoms. The Bertz CT molecular complexity index is 462. The summed E-state index contributed by atoms with van der Waals surface area (Å²) in [6, 6.07) is 1.72. The molecule has 1 amide bonds. The molecule has 19 heavy (non-hydrogen) atoms. The first-order chi connectivity index (χ1) is 9.11. The van der Waals surface area contributed by atoms with Gasteiger partial charge in [0.15, 0.2) is 5.78 Å². The molecule has 1 saturated heterocycles. The molecule has 0 spiro atoms. The lowest BCUT2D eigenvalue weighted by atomic mass is 9.97. The first kappa shape index (κ1) is 14.2. The number of carbonyl (C=O) groups excluding carboxylic acids is 2. The van der Waals surface area contributed by atoms with Gasteiger partial charge in [-0.25, -0.2) is 0 Å². The van der Waals surface area contributed by atoms with Crippen LogP contribution < -0.4 is 5.32 Å². The lowest BCUT2D eigenvalue weighted by Gasteiger charge is -2.31. The Balaban J connectivity index is 1.95. The highest BCUT2D eigenvalue weighted by molar-refractivity contribution is 7.12. The van der Waals surface area contributed by atoms with Crippen molar-refractivity contribution in [1.29, 1.82) is 0 Å². The number of nitrogens with zero attached hydrogens (tertiary/aromatic N) is 1. The number of amides is 1. The molecular weight excluding hydrogens is 260 g/mol. The van der Waals surface area contributed by atoms with E-state index in [0.29, 0.717) is 16.4 Å². The Morgan fingerprint density at radius 3 is 2.63 bits per heavy atom. The minimum Gasteiger partial charge on any atom is -0.338 e. The van der Waals surface area contributed by atoms with E-state index in [4.69, 9.17) is 0 Å². The van der Waals surface area contributed by atoms with Crippen LogP contribution in [0.25, 0.3) is 0 Å². The SMILES string of the molecule is CNCC1CCN(C(=O)c2cc(C(C)=O)cs2)CC1. The van der Waals surface area contributed by atoms with Crippen LogP contribution in [-0.4, -0.2) is 43.3 Å². The van der Waals surface area contributed by atoms with Crippen molar-refractivity contribution in [1.82, 2.24) is 10.2 Å². The molecule has 1 N–H and O–H groups in total. The van der Waals surface area contributed by atoms with Crippen molar-refractivity contribution >= 4 is 23.0 Å². The number of hydrogen-bond acceptors (Lipinski definition) is 4. The molecule has 0 aliphatic carbocycles. The van der Waals surface area contributed by atoms with Crippen LogP contribution in [0.5, 0.6) is 0 Å². The number of rotatable bonds is 4. The van der Waals surface area contributed by atoms with E-state index in [1.165, 1.54) is 18.3 Å². The number of ketones is 1. The molecule has 0 aromatic carbocycles. The number of carbonyl (C=O) groups is 2. The highest BCUT2D eigenvalue weighted by atomic mass is 32.1. The van der Waals surface area contributed by atoms with E-state index in [-0.39, 0.29) is 11.7 Å². The zero-order chi connectivity index (χ0) is 13.8. The fraction of sp³-hybridized carbons (Fsp3) is 0.571. The monoisotopic (exact) mass is 280 g/mol. The van der Waals surface area contributed by atoms with Gasteiger partial charge in [0, 0.05) is 24.0 Å². The van der Waals surface area contributed by atoms with E-state index < -0.39 is 0 Å². The summed E-state index contributed by atoms with van der Waals surface area (Å²) in [5.41, 5.74) is 0.637. The van der Waals surface area contributed by atoms with Gasteiger partial charge in [0.2, 0.25) is 0 Å². The predicted molar refractivity (Wildman–Crippen MR) is 76.9 cm³/mol. The molecule has 1 aliphatic heterocycles. The predicted octanol–water partition coefficient (Wildman–Crippen LogP) is 2.02. The molecule has 1 fully saturated rings. The van der Waals surface area contributed by atoms with Crippen molar-refractivity contribution in [3.05, 3.63) is 21.9 Å². The summed E-state index contributed by atoms with van der Waals surface area (Å²) in [5.74, 6) is 0.758. The molecule has 1 aliphatic rings. The van der Waals surface area contributed by atoms with Crippen LogP contribution >= 0.6 is 11.3 Å². The van der Waals surface area contributed by atoms with Gasteiger partial charge in [-0.2, -0.15) is 0 Å². The highest BCUT2D eigenvalue weighted by Crippen LogP contribution is 2.22. The van der Waals surface area contributed by atoms with Crippen molar-refractivity contribution in [3.8, 4) is 0 Å². The van der Waals surface area contributed by atoms with Crippen molar-refractivity contribution in [3.63, 3.8) is 0 Å². The molecule has 2 rings (SSSR count). The normalized spacial score (nSPS) is 16.6. The zero-order valence-corrected chi connectivity index (χ0v) is 12.3. The topological polar surface area (TPSA) is 49.4 Å². The maximum Gasteiger partial charge on any atom is 0.263 e. The molecule has 104 valence electrons. The Morgan fingerprint density at radius 2 is 2.11 bits per heavy atom. The maximum atomic E-state index is 12.3. The highest BCUT2D eigenvalue weighted by Gasteiger charge is 2.24. The number of thiophene rings is 1. The number of hydrogen-bond donors (Lipinski definition) is 1. The second-order valence-electron chi connectivity index (χ2n) is 5.05. The summed E-state index contributed by atoms with van der Waals surface area (Å²) >= 11 is 1.37. The van der Waals surface area contributed by atoms with Gasteiger partial charge < -0.3 is 10.2 Å². The maximum absolute atomic E-state index is 12.3. The number of Topliss-reactive ketones (excluding diaryl/α,β-unsaturated/α-hetero) is 1. The van der Waals surface area contributed by atoms with Crippen LogP contribution in [0.15, 0.2) is 11.4 Å². The Morgan fingerprint density at radius 1 is 1.42 bits per heavy atom. The quantitative estimate of drug-likeness (QED) is 0.859. The molecule has 0 saturated carbocycles. The van der Waals surface area contributed by atoms with Crippen LogP contribution in [0, 0.1) is 5.92 Å². The number of nitrogens with one attached hydrogen (secondary N) is 1. The Hall–Kier alpha value is -1.20. The van der Waals surface area contributed by atoms with Crippen LogP contribution in [0.1, 0.15) is 39.8 Å². The standard InChI is InChI=1S/C14H20N2O2S/c1-10(17)12-7-13(19-9-12)14(18)16-5-3-11(4-6-16)8-15-2/h7,9,11,15H,3-6,8H2,1-2H3. The number of likely N-dealkylation sites (tertiary alicyclic amines) is 1. The Labute approximate surface area is 117 Å². The summed E-state index contributed by atoms with van der Waals surface area (Å²) in [5, 5.41) is 4.96. The summed E-state index contributed by atoms with van der Waals surface area (Å²) in [6.07, 6.45) is 2.11. The largest absolute Gasteiger partial charge is 0.338 e. The summed E-state index contributed by atoms with van der Waals surface area (Å²) < 4.78 is 0. The van der Waals surface area contributed by atoms with E-state index in [1.54, 1.807) is 11.4 Å². The second kappa shape index (κ2) is 6.30. The molecule has 0 bridgehead atoms. The van der Waals surface area contributed by atoms with Gasteiger partial charge in [-0.05, 0) is 45.3 Å². The number of piperidine rings is 1. The smallest absolute Gasteiger partial charge is 0.263 e. The fourth-order valence-corrected chi connectivity index (χ4v) is 3.33. The minimum absolute atomic E-state index is 0.0167. The average Bonchev–Trinajstić information content (AvgIpc) is 2.89. The van der Waals surface area contributed by atoms with Crippen molar-refractivity contribution < 1.29 is 9.59 Å². The van der Waals surface area contributed by atoms with Crippen molar-refractivity contribution in [2.24, 2.45) is 5.92 Å². The minimum atomic E-state index is 0.0167. The van der Waals surface area contributed by atoms with Gasteiger partial charge in [0.05, 0.1) is 4.88 Å². The fourth-order valence-electron chi connectivity index (χ4n) is 2.42. The average molecular weight is 280 g/mol. The van der Waals surface area contributed by atoms with Crippen molar-refractivity contribution in [2.75, 3.05) is 26.7 Å². The second-order valence-corrected chi connectivity index (χ2v) is 5.96. The van der Waals surface area contributed by atoms with E-state index in [0.717, 1.165) is 32.5 Å². The van der Waals surface area contributed by atoms with Gasteiger partial charge in [-0.1, -0.05) is 0 Å². The summed E-state index contributed by atoms with van der Waals surface area (Å²) in [7, 11) is 1.96. The summed E-state index contributed by atoms with van der Waals surface area (Å²) in [4.78, 5) is 26.1. The van der Waals surface area contributed by atoms with Crippen LogP contribution in [0.2, 0.25) is 0 Å². The van der Waals surface area contributed by atoms with Gasteiger partial charge in [0.1, 0.15) is 0 Å². The lowest BCUT2D eigenvalue weighted by Crippen LogP contribution is -2.40. The first-order valence-electron chi connectivity index (χ1n) is 6.65. The van der Waals surface area contributed by atoms with Crippen LogP contribution in [0.4, 0.5) is 0 Å². The molecule has 0 radical (unpaired) electrons. The molecule has 2 heterocycles. The molecule has 1 aromatic heterocycles. The van der Waals surface area contributed by atoms with E-state index >= 15 is 0 Å². The molecule has 0 atom stereocenters. The van der Waals surface area contributed by atoms with Gasteiger partial charge in [0.25, 0.3) is 5.91 Å². The lowest BCUT2D eigenvalue weighted by molar-refractivity contribution is 0.0696. The molecule has 4 nitrogen and oxygen atoms in total. The Kier molecular flexibility index (Phi) is 4.71. The third-order valence-corrected chi connectivity index (χ3v) is 4.53. The zero-order valence-electron chi connectivity index (χ0n) is 11.4. The van der Waals surface area contributed by atoms with Crippen LogP contribution in [-0.2, 0) is 0 Å². The third-order valence-electron chi connectivity index (χ3n) is 3.61.